The van der Waals surface area contributed by atoms with E-state index in [9.17, 15) is 8.42 Å². The van der Waals surface area contributed by atoms with Crippen LogP contribution in [0, 0.1) is 0 Å². The molecule has 0 saturated carbocycles. The fourth-order valence-corrected chi connectivity index (χ4v) is 2.35. The summed E-state index contributed by atoms with van der Waals surface area (Å²) in [6, 6.07) is 2.97. The van der Waals surface area contributed by atoms with Crippen LogP contribution in [0.15, 0.2) is 12.1 Å². The lowest BCUT2D eigenvalue weighted by Gasteiger charge is -2.12. The minimum atomic E-state index is -3.69. The summed E-state index contributed by atoms with van der Waals surface area (Å²) in [5, 5.41) is 4.61. The number of benzene rings is 1. The van der Waals surface area contributed by atoms with Gasteiger partial charge in [-0.1, -0.05) is 40.9 Å². The fourth-order valence-electron chi connectivity index (χ4n) is 1.03. The molecule has 0 aliphatic rings. The molecule has 3 nitrogen and oxygen atoms in total. The highest BCUT2D eigenvalue weighted by Crippen LogP contribution is 2.36. The molecule has 0 aromatic heterocycles. The monoisotopic (exact) mass is 287 g/mol. The summed E-state index contributed by atoms with van der Waals surface area (Å²) in [4.78, 5) is 0. The van der Waals surface area contributed by atoms with E-state index in [0.717, 1.165) is 0 Å². The van der Waals surface area contributed by atoms with Crippen LogP contribution in [0.3, 0.4) is 0 Å². The molecule has 0 heterocycles. The van der Waals surface area contributed by atoms with Crippen LogP contribution in [-0.4, -0.2) is 8.42 Å². The molecule has 1 atom stereocenters. The highest BCUT2D eigenvalue weighted by Gasteiger charge is 2.22. The molecule has 0 bridgehead atoms. The highest BCUT2D eigenvalue weighted by atomic mass is 35.5. The van der Waals surface area contributed by atoms with Gasteiger partial charge in [0.05, 0.1) is 20.3 Å². The molecule has 2 N–H and O–H groups in total. The third kappa shape index (κ3) is 2.77. The van der Waals surface area contributed by atoms with Gasteiger partial charge in [-0.05, 0) is 18.6 Å². The van der Waals surface area contributed by atoms with Gasteiger partial charge in [0, 0.05) is 0 Å². The molecule has 15 heavy (non-hydrogen) atoms. The van der Waals surface area contributed by atoms with Crippen LogP contribution in [0.2, 0.25) is 15.1 Å². The average Bonchev–Trinajstić information content (AvgIpc) is 2.12. The van der Waals surface area contributed by atoms with Gasteiger partial charge in [0.25, 0.3) is 0 Å². The Kier molecular flexibility index (Phi) is 3.90. The predicted molar refractivity (Wildman–Crippen MR) is 63.0 cm³/mol. The first-order valence-electron chi connectivity index (χ1n) is 3.90. The Morgan fingerprint density at radius 3 is 2.20 bits per heavy atom. The number of nitrogens with two attached hydrogens (primary N) is 1. The third-order valence-electron chi connectivity index (χ3n) is 2.00. The molecule has 0 spiro atoms. The van der Waals surface area contributed by atoms with Crippen molar-refractivity contribution >= 4 is 44.8 Å². The summed E-state index contributed by atoms with van der Waals surface area (Å²) >= 11 is 17.3. The smallest absolute Gasteiger partial charge is 0.215 e. The van der Waals surface area contributed by atoms with Gasteiger partial charge in [0.15, 0.2) is 0 Å². The van der Waals surface area contributed by atoms with Crippen molar-refractivity contribution in [3.05, 3.63) is 32.8 Å². The second kappa shape index (κ2) is 4.47. The summed E-state index contributed by atoms with van der Waals surface area (Å²) in [6.45, 7) is 1.43. The molecule has 1 aromatic carbocycles. The van der Waals surface area contributed by atoms with E-state index in [1.807, 2.05) is 0 Å². The maximum absolute atomic E-state index is 11.1. The normalized spacial score (nSPS) is 13.9. The molecular weight excluding hydrogens is 281 g/mol. The van der Waals surface area contributed by atoms with Crippen molar-refractivity contribution in [1.29, 1.82) is 0 Å². The van der Waals surface area contributed by atoms with Crippen LogP contribution in [0.1, 0.15) is 17.7 Å². The van der Waals surface area contributed by atoms with Crippen LogP contribution in [0.5, 0.6) is 0 Å². The zero-order valence-corrected chi connectivity index (χ0v) is 10.8. The first-order chi connectivity index (χ1) is 6.75. The first kappa shape index (κ1) is 13.1. The van der Waals surface area contributed by atoms with E-state index in [4.69, 9.17) is 39.9 Å². The van der Waals surface area contributed by atoms with Gasteiger partial charge in [-0.3, -0.25) is 0 Å². The summed E-state index contributed by atoms with van der Waals surface area (Å²) in [7, 11) is -3.69. The largest absolute Gasteiger partial charge is 0.228 e. The quantitative estimate of drug-likeness (QED) is 0.850. The van der Waals surface area contributed by atoms with Crippen molar-refractivity contribution in [3.8, 4) is 0 Å². The lowest BCUT2D eigenvalue weighted by molar-refractivity contribution is 0.588. The van der Waals surface area contributed by atoms with Gasteiger partial charge in [0.2, 0.25) is 10.0 Å². The Hall–Kier alpha value is -0.000000000000000111. The lowest BCUT2D eigenvalue weighted by atomic mass is 10.2. The van der Waals surface area contributed by atoms with Crippen LogP contribution >= 0.6 is 34.8 Å². The van der Waals surface area contributed by atoms with Crippen molar-refractivity contribution in [2.75, 3.05) is 0 Å². The molecule has 1 aromatic rings. The molecule has 1 unspecified atom stereocenters. The number of hydrogen-bond acceptors (Lipinski definition) is 2. The van der Waals surface area contributed by atoms with Crippen molar-refractivity contribution in [1.82, 2.24) is 0 Å². The molecule has 0 radical (unpaired) electrons. The van der Waals surface area contributed by atoms with E-state index >= 15 is 0 Å². The molecule has 0 aliphatic carbocycles. The number of hydrogen-bond donors (Lipinski definition) is 1. The van der Waals surface area contributed by atoms with Crippen LogP contribution in [-0.2, 0) is 10.0 Å². The second-order valence-electron chi connectivity index (χ2n) is 3.00. The predicted octanol–water partition coefficient (Wildman–Crippen LogP) is 3.00. The maximum atomic E-state index is 11.1. The summed E-state index contributed by atoms with van der Waals surface area (Å²) in [6.07, 6.45) is 0. The number of rotatable bonds is 2. The molecule has 0 amide bonds. The van der Waals surface area contributed by atoms with E-state index in [2.05, 4.69) is 0 Å². The van der Waals surface area contributed by atoms with Crippen molar-refractivity contribution < 1.29 is 8.42 Å². The number of sulfonamides is 1. The van der Waals surface area contributed by atoms with Crippen LogP contribution < -0.4 is 5.14 Å². The molecule has 0 fully saturated rings. The van der Waals surface area contributed by atoms with Gasteiger partial charge < -0.3 is 0 Å². The zero-order valence-electron chi connectivity index (χ0n) is 7.67. The number of primary sulfonamides is 1. The van der Waals surface area contributed by atoms with Gasteiger partial charge in [0.1, 0.15) is 0 Å². The zero-order chi connectivity index (χ0) is 11.8. The summed E-state index contributed by atoms with van der Waals surface area (Å²) in [5.41, 5.74) is 0.341. The van der Waals surface area contributed by atoms with E-state index in [-0.39, 0.29) is 15.1 Å². The van der Waals surface area contributed by atoms with Gasteiger partial charge in [-0.25, -0.2) is 13.6 Å². The van der Waals surface area contributed by atoms with Crippen molar-refractivity contribution in [2.45, 2.75) is 12.2 Å². The Morgan fingerprint density at radius 1 is 1.20 bits per heavy atom. The average molecular weight is 289 g/mol. The molecule has 7 heteroatoms. The topological polar surface area (TPSA) is 60.2 Å². The Balaban J connectivity index is 3.35. The van der Waals surface area contributed by atoms with Crippen LogP contribution in [0.25, 0.3) is 0 Å². The van der Waals surface area contributed by atoms with Gasteiger partial charge in [-0.15, -0.1) is 0 Å². The van der Waals surface area contributed by atoms with E-state index < -0.39 is 15.3 Å². The SMILES string of the molecule is CC(c1ccc(Cl)c(Cl)c1Cl)S(N)(=O)=O. The lowest BCUT2D eigenvalue weighted by Crippen LogP contribution is -2.19. The Morgan fingerprint density at radius 2 is 1.73 bits per heavy atom. The van der Waals surface area contributed by atoms with Crippen molar-refractivity contribution in [2.24, 2.45) is 5.14 Å². The molecule has 1 rings (SSSR count). The Labute approximate surface area is 103 Å². The van der Waals surface area contributed by atoms with Gasteiger partial charge in [-0.2, -0.15) is 0 Å². The molecular formula is C8H8Cl3NO2S. The highest BCUT2D eigenvalue weighted by molar-refractivity contribution is 7.89. The standard InChI is InChI=1S/C8H8Cl3NO2S/c1-4(15(12,13)14)5-2-3-6(9)8(11)7(5)10/h2-4H,1H3,(H2,12,13,14). The first-order valence-corrected chi connectivity index (χ1v) is 6.64. The third-order valence-corrected chi connectivity index (χ3v) is 4.54. The minimum Gasteiger partial charge on any atom is -0.228 e. The van der Waals surface area contributed by atoms with Gasteiger partial charge >= 0.3 is 0 Å². The molecule has 0 saturated heterocycles. The van der Waals surface area contributed by atoms with E-state index in [1.165, 1.54) is 19.1 Å². The second-order valence-corrected chi connectivity index (χ2v) is 6.04. The molecule has 0 aliphatic heterocycles. The summed E-state index contributed by atoms with van der Waals surface area (Å²) in [5.74, 6) is 0. The fraction of sp³-hybridized carbons (Fsp3) is 0.250. The number of halogens is 3. The van der Waals surface area contributed by atoms with E-state index in [0.29, 0.717) is 5.56 Å². The van der Waals surface area contributed by atoms with E-state index in [1.54, 1.807) is 0 Å². The Bertz CT molecular complexity index is 487. The van der Waals surface area contributed by atoms with Crippen LogP contribution in [0.4, 0.5) is 0 Å². The maximum Gasteiger partial charge on any atom is 0.215 e. The summed E-state index contributed by atoms with van der Waals surface area (Å²) < 4.78 is 22.2. The minimum absolute atomic E-state index is 0.116. The van der Waals surface area contributed by atoms with Crippen molar-refractivity contribution in [3.63, 3.8) is 0 Å². The molecule has 84 valence electrons.